The number of carbonyl (C=O) groups excluding carboxylic acids is 1. The van der Waals surface area contributed by atoms with Crippen molar-refractivity contribution in [1.29, 1.82) is 0 Å². The molecule has 0 aliphatic heterocycles. The van der Waals surface area contributed by atoms with Gasteiger partial charge in [-0.15, -0.1) is 0 Å². The third kappa shape index (κ3) is 8.09. The van der Waals surface area contributed by atoms with Gasteiger partial charge in [0, 0.05) is 6.42 Å². The zero-order valence-corrected chi connectivity index (χ0v) is 15.9. The van der Waals surface area contributed by atoms with E-state index in [-0.39, 0.29) is 6.04 Å². The van der Waals surface area contributed by atoms with Crippen LogP contribution in [0, 0.1) is 0 Å². The Labute approximate surface area is 161 Å². The topological polar surface area (TPSA) is 58.6 Å². The molecule has 2 aromatic rings. The number of allylic oxidation sites excluding steroid dienone is 1. The van der Waals surface area contributed by atoms with E-state index in [0.717, 1.165) is 24.8 Å². The Hall–Kier alpha value is -2.59. The van der Waals surface area contributed by atoms with Crippen LogP contribution in [0.5, 0.6) is 0 Å². The molecule has 0 radical (unpaired) electrons. The number of amides is 1. The number of hydrogen-bond acceptors (Lipinski definition) is 3. The predicted octanol–water partition coefficient (Wildman–Crippen LogP) is 4.80. The van der Waals surface area contributed by atoms with Crippen molar-refractivity contribution in [3.8, 4) is 0 Å². The molecule has 2 rings (SSSR count). The van der Waals surface area contributed by atoms with E-state index < -0.39 is 12.2 Å². The van der Waals surface area contributed by atoms with Gasteiger partial charge in [-0.2, -0.15) is 0 Å². The molecule has 0 aliphatic rings. The van der Waals surface area contributed by atoms with Crippen LogP contribution in [-0.4, -0.2) is 23.9 Å². The van der Waals surface area contributed by atoms with Gasteiger partial charge in [-0.25, -0.2) is 4.79 Å². The minimum Gasteiger partial charge on any atom is -0.450 e. The largest absolute Gasteiger partial charge is 0.450 e. The van der Waals surface area contributed by atoms with Gasteiger partial charge in [-0.3, -0.25) is 0 Å². The number of nitrogens with one attached hydrogen (secondary N) is 1. The number of aliphatic hydroxyl groups is 1. The molecule has 0 saturated heterocycles. The summed E-state index contributed by atoms with van der Waals surface area (Å²) in [5, 5.41) is 13.3. The van der Waals surface area contributed by atoms with Crippen LogP contribution in [0.4, 0.5) is 4.79 Å². The number of unbranched alkanes of at least 4 members (excludes halogenated alkanes) is 1. The Morgan fingerprint density at radius 3 is 2.44 bits per heavy atom. The number of aliphatic hydroxyl groups excluding tert-OH is 1. The minimum atomic E-state index is -0.658. The van der Waals surface area contributed by atoms with Crippen LogP contribution in [0.25, 0.3) is 0 Å². The Kier molecular flexibility index (Phi) is 9.14. The first kappa shape index (κ1) is 20.7. The number of hydrogen-bond donors (Lipinski definition) is 2. The molecule has 4 nitrogen and oxygen atoms in total. The van der Waals surface area contributed by atoms with E-state index >= 15 is 0 Å². The molecule has 0 aromatic heterocycles. The van der Waals surface area contributed by atoms with E-state index in [1.807, 2.05) is 61.5 Å². The van der Waals surface area contributed by atoms with Gasteiger partial charge >= 0.3 is 6.09 Å². The lowest BCUT2D eigenvalue weighted by atomic mass is 10.00. The second kappa shape index (κ2) is 11.9. The highest BCUT2D eigenvalue weighted by molar-refractivity contribution is 5.67. The summed E-state index contributed by atoms with van der Waals surface area (Å²) in [7, 11) is 0. The molecule has 0 saturated carbocycles. The van der Waals surface area contributed by atoms with Gasteiger partial charge in [0.15, 0.2) is 0 Å². The monoisotopic (exact) mass is 367 g/mol. The van der Waals surface area contributed by atoms with Crippen LogP contribution in [0.3, 0.4) is 0 Å². The van der Waals surface area contributed by atoms with Gasteiger partial charge < -0.3 is 15.2 Å². The number of alkyl carbamates (subject to hydrolysis) is 1. The van der Waals surface area contributed by atoms with Crippen LogP contribution < -0.4 is 5.32 Å². The van der Waals surface area contributed by atoms with Gasteiger partial charge in [0.05, 0.1) is 18.8 Å². The van der Waals surface area contributed by atoms with E-state index in [1.54, 1.807) is 6.08 Å². The van der Waals surface area contributed by atoms with Crippen molar-refractivity contribution in [2.45, 2.75) is 44.8 Å². The first-order valence-electron chi connectivity index (χ1n) is 9.56. The maximum Gasteiger partial charge on any atom is 0.407 e. The molecule has 144 valence electrons. The van der Waals surface area contributed by atoms with Crippen LogP contribution >= 0.6 is 0 Å². The molecule has 2 aromatic carbocycles. The summed E-state index contributed by atoms with van der Waals surface area (Å²) >= 11 is 0. The fraction of sp³-hybridized carbons (Fsp3) is 0.348. The van der Waals surface area contributed by atoms with Crippen LogP contribution in [-0.2, 0) is 11.2 Å². The Balaban J connectivity index is 1.93. The minimum absolute atomic E-state index is 0.309. The van der Waals surface area contributed by atoms with Crippen molar-refractivity contribution in [1.82, 2.24) is 5.32 Å². The summed E-state index contributed by atoms with van der Waals surface area (Å²) in [4.78, 5) is 12.0. The zero-order valence-electron chi connectivity index (χ0n) is 15.9. The molecule has 1 amide bonds. The summed E-state index contributed by atoms with van der Waals surface area (Å²) in [5.74, 6) is 0. The molecule has 2 atom stereocenters. The molecule has 0 fully saturated rings. The standard InChI is InChI=1S/C23H29NO3/c1-2-3-17-27-23(26)24-22(20-14-8-5-9-15-20)18-21(25)16-10-13-19-11-6-4-7-12-19/h4-12,14-16,21-22,25H,2-3,13,17-18H2,1H3,(H,24,26). The van der Waals surface area contributed by atoms with E-state index in [4.69, 9.17) is 4.74 Å². The van der Waals surface area contributed by atoms with Crippen LogP contribution in [0.15, 0.2) is 72.8 Å². The second-order valence-corrected chi connectivity index (χ2v) is 6.52. The first-order chi connectivity index (χ1) is 13.2. The lowest BCUT2D eigenvalue weighted by Crippen LogP contribution is -2.31. The van der Waals surface area contributed by atoms with E-state index in [2.05, 4.69) is 17.4 Å². The molecule has 0 heterocycles. The smallest absolute Gasteiger partial charge is 0.407 e. The number of ether oxygens (including phenoxy) is 1. The average Bonchev–Trinajstić information content (AvgIpc) is 2.69. The molecule has 27 heavy (non-hydrogen) atoms. The number of rotatable bonds is 10. The molecular formula is C23H29NO3. The maximum atomic E-state index is 12.0. The van der Waals surface area contributed by atoms with Gasteiger partial charge in [0.2, 0.25) is 0 Å². The predicted molar refractivity (Wildman–Crippen MR) is 108 cm³/mol. The lowest BCUT2D eigenvalue weighted by Gasteiger charge is -2.21. The summed E-state index contributed by atoms with van der Waals surface area (Å²) in [5.41, 5.74) is 2.14. The van der Waals surface area contributed by atoms with Crippen molar-refractivity contribution < 1.29 is 14.6 Å². The fourth-order valence-electron chi connectivity index (χ4n) is 2.75. The molecule has 4 heteroatoms. The average molecular weight is 367 g/mol. The molecule has 0 spiro atoms. The van der Waals surface area contributed by atoms with Crippen molar-refractivity contribution in [3.05, 3.63) is 83.9 Å². The molecule has 2 N–H and O–H groups in total. The van der Waals surface area contributed by atoms with Crippen LogP contribution in [0.1, 0.15) is 43.4 Å². The summed E-state index contributed by atoms with van der Waals surface area (Å²) in [6, 6.07) is 19.4. The Bertz CT molecular complexity index is 685. The highest BCUT2D eigenvalue weighted by Crippen LogP contribution is 2.19. The highest BCUT2D eigenvalue weighted by atomic mass is 16.5. The normalized spacial score (nSPS) is 13.3. The fourth-order valence-corrected chi connectivity index (χ4v) is 2.75. The quantitative estimate of drug-likeness (QED) is 0.468. The molecule has 0 aliphatic carbocycles. The summed E-state index contributed by atoms with van der Waals surface area (Å²) < 4.78 is 5.21. The van der Waals surface area contributed by atoms with E-state index in [9.17, 15) is 9.90 Å². The summed E-state index contributed by atoms with van der Waals surface area (Å²) in [6.45, 7) is 2.45. The van der Waals surface area contributed by atoms with Gasteiger partial charge in [0.25, 0.3) is 0 Å². The second-order valence-electron chi connectivity index (χ2n) is 6.52. The third-order valence-corrected chi connectivity index (χ3v) is 4.26. The van der Waals surface area contributed by atoms with Crippen LogP contribution in [0.2, 0.25) is 0 Å². The maximum absolute atomic E-state index is 12.0. The number of carbonyl (C=O) groups is 1. The molecule has 0 bridgehead atoms. The summed E-state index contributed by atoms with van der Waals surface area (Å²) in [6.07, 6.45) is 5.61. The van der Waals surface area contributed by atoms with Crippen molar-refractivity contribution in [2.75, 3.05) is 6.61 Å². The lowest BCUT2D eigenvalue weighted by molar-refractivity contribution is 0.134. The van der Waals surface area contributed by atoms with Crippen molar-refractivity contribution in [3.63, 3.8) is 0 Å². The Morgan fingerprint density at radius 2 is 1.78 bits per heavy atom. The van der Waals surface area contributed by atoms with Gasteiger partial charge in [-0.05, 0) is 24.0 Å². The van der Waals surface area contributed by atoms with Crippen molar-refractivity contribution >= 4 is 6.09 Å². The molecule has 2 unspecified atom stereocenters. The SMILES string of the molecule is CCCCOC(=O)NC(CC(O)C=CCc1ccccc1)c1ccccc1. The number of benzene rings is 2. The van der Waals surface area contributed by atoms with Gasteiger partial charge in [0.1, 0.15) is 0 Å². The zero-order chi connectivity index (χ0) is 19.3. The van der Waals surface area contributed by atoms with Gasteiger partial charge in [-0.1, -0.05) is 86.2 Å². The Morgan fingerprint density at radius 1 is 1.11 bits per heavy atom. The third-order valence-electron chi connectivity index (χ3n) is 4.26. The molecular weight excluding hydrogens is 338 g/mol. The van der Waals surface area contributed by atoms with Crippen molar-refractivity contribution in [2.24, 2.45) is 0 Å². The van der Waals surface area contributed by atoms with E-state index in [0.29, 0.717) is 13.0 Å². The first-order valence-corrected chi connectivity index (χ1v) is 9.56. The van der Waals surface area contributed by atoms with E-state index in [1.165, 1.54) is 5.56 Å². The highest BCUT2D eigenvalue weighted by Gasteiger charge is 2.18.